The van der Waals surface area contributed by atoms with E-state index in [1.807, 2.05) is 48.7 Å². The lowest BCUT2D eigenvalue weighted by Gasteiger charge is -2.17. The van der Waals surface area contributed by atoms with Gasteiger partial charge >= 0.3 is 0 Å². The van der Waals surface area contributed by atoms with Gasteiger partial charge in [-0.2, -0.15) is 0 Å². The van der Waals surface area contributed by atoms with Gasteiger partial charge in [0.2, 0.25) is 0 Å². The number of nitrogens with zero attached hydrogens (tertiary/aromatic N) is 1. The van der Waals surface area contributed by atoms with Crippen molar-refractivity contribution in [2.75, 3.05) is 14.2 Å². The van der Waals surface area contributed by atoms with Crippen LogP contribution in [0.15, 0.2) is 109 Å². The molecule has 4 aromatic carbocycles. The van der Waals surface area contributed by atoms with Crippen molar-refractivity contribution in [1.82, 2.24) is 10.3 Å². The molecule has 206 valence electrons. The fraction of sp³-hybridized carbons (Fsp3) is 0.229. The highest BCUT2D eigenvalue weighted by Crippen LogP contribution is 2.32. The van der Waals surface area contributed by atoms with E-state index in [1.165, 1.54) is 22.1 Å². The van der Waals surface area contributed by atoms with Crippen LogP contribution in [0, 0.1) is 0 Å². The largest absolute Gasteiger partial charge is 0.497 e. The Kier molecular flexibility index (Phi) is 10.3. The van der Waals surface area contributed by atoms with E-state index in [0.29, 0.717) is 0 Å². The Bertz CT molecular complexity index is 1480. The van der Waals surface area contributed by atoms with Gasteiger partial charge < -0.3 is 20.5 Å². The van der Waals surface area contributed by atoms with Crippen LogP contribution in [-0.2, 0) is 6.54 Å². The summed E-state index contributed by atoms with van der Waals surface area (Å²) in [6.45, 7) is 5.04. The Morgan fingerprint density at radius 1 is 0.825 bits per heavy atom. The SMILES string of the molecule is CC[C@@H](N)c1ccccc1.COc1ccc(-c2cc(CNC(C)c3ccnc4ccccc34)ccc2OC)cc1. The highest BCUT2D eigenvalue weighted by molar-refractivity contribution is 5.82. The summed E-state index contributed by atoms with van der Waals surface area (Å²) >= 11 is 0. The lowest BCUT2D eigenvalue weighted by Crippen LogP contribution is -2.18. The molecule has 2 atom stereocenters. The minimum Gasteiger partial charge on any atom is -0.497 e. The van der Waals surface area contributed by atoms with Crippen LogP contribution < -0.4 is 20.5 Å². The second-order valence-electron chi connectivity index (χ2n) is 9.71. The number of nitrogens with one attached hydrogen (secondary N) is 1. The zero-order valence-corrected chi connectivity index (χ0v) is 23.8. The van der Waals surface area contributed by atoms with Gasteiger partial charge in [-0.15, -0.1) is 0 Å². The molecular formula is C35H39N3O2. The van der Waals surface area contributed by atoms with Crippen molar-refractivity contribution in [2.24, 2.45) is 5.73 Å². The summed E-state index contributed by atoms with van der Waals surface area (Å²) in [5.41, 5.74) is 12.7. The zero-order chi connectivity index (χ0) is 28.3. The molecule has 5 heteroatoms. The number of pyridine rings is 1. The molecule has 0 fully saturated rings. The van der Waals surface area contributed by atoms with Gasteiger partial charge in [0.15, 0.2) is 0 Å². The van der Waals surface area contributed by atoms with Crippen molar-refractivity contribution in [1.29, 1.82) is 0 Å². The molecule has 0 saturated carbocycles. The van der Waals surface area contributed by atoms with Crippen LogP contribution in [-0.4, -0.2) is 19.2 Å². The van der Waals surface area contributed by atoms with E-state index in [9.17, 15) is 0 Å². The first-order valence-electron chi connectivity index (χ1n) is 13.7. The van der Waals surface area contributed by atoms with E-state index in [-0.39, 0.29) is 12.1 Å². The van der Waals surface area contributed by atoms with Crippen LogP contribution in [0.4, 0.5) is 0 Å². The molecule has 5 rings (SSSR count). The molecular weight excluding hydrogens is 494 g/mol. The van der Waals surface area contributed by atoms with E-state index in [4.69, 9.17) is 15.2 Å². The van der Waals surface area contributed by atoms with Crippen LogP contribution in [0.2, 0.25) is 0 Å². The third kappa shape index (κ3) is 7.26. The lowest BCUT2D eigenvalue weighted by molar-refractivity contribution is 0.414. The highest BCUT2D eigenvalue weighted by Gasteiger charge is 2.11. The number of hydrogen-bond donors (Lipinski definition) is 2. The summed E-state index contributed by atoms with van der Waals surface area (Å²) in [4.78, 5) is 4.47. The number of benzene rings is 4. The van der Waals surface area contributed by atoms with Crippen molar-refractivity contribution >= 4 is 10.9 Å². The third-order valence-corrected chi connectivity index (χ3v) is 7.09. The Hall–Kier alpha value is -4.19. The van der Waals surface area contributed by atoms with Gasteiger partial charge in [-0.25, -0.2) is 0 Å². The van der Waals surface area contributed by atoms with E-state index >= 15 is 0 Å². The maximum Gasteiger partial charge on any atom is 0.126 e. The Morgan fingerprint density at radius 3 is 2.25 bits per heavy atom. The van der Waals surface area contributed by atoms with E-state index in [2.05, 4.69) is 84.8 Å². The molecule has 0 spiro atoms. The van der Waals surface area contributed by atoms with Gasteiger partial charge in [-0.05, 0) is 72.0 Å². The molecule has 3 N–H and O–H groups in total. The second kappa shape index (κ2) is 14.3. The molecule has 0 saturated heterocycles. The molecule has 1 aromatic heterocycles. The van der Waals surface area contributed by atoms with Crippen LogP contribution in [0.1, 0.15) is 49.0 Å². The van der Waals surface area contributed by atoms with Crippen LogP contribution in [0.25, 0.3) is 22.0 Å². The topological polar surface area (TPSA) is 69.4 Å². The number of ether oxygens (including phenoxy) is 2. The maximum atomic E-state index is 5.79. The number of nitrogens with two attached hydrogens (primary N) is 1. The fourth-order valence-electron chi connectivity index (χ4n) is 4.67. The average molecular weight is 534 g/mol. The summed E-state index contributed by atoms with van der Waals surface area (Å²) in [7, 11) is 3.38. The number of methoxy groups -OCH3 is 2. The van der Waals surface area contributed by atoms with Crippen molar-refractivity contribution in [3.8, 4) is 22.6 Å². The molecule has 0 aliphatic rings. The molecule has 0 aliphatic carbocycles. The smallest absolute Gasteiger partial charge is 0.126 e. The minimum absolute atomic E-state index is 0.199. The van der Waals surface area contributed by atoms with Crippen molar-refractivity contribution < 1.29 is 9.47 Å². The molecule has 0 aliphatic heterocycles. The van der Waals surface area contributed by atoms with E-state index in [1.54, 1.807) is 14.2 Å². The Labute approximate surface area is 238 Å². The number of aromatic nitrogens is 1. The minimum atomic E-state index is 0.199. The van der Waals surface area contributed by atoms with Crippen LogP contribution >= 0.6 is 0 Å². The van der Waals surface area contributed by atoms with E-state index < -0.39 is 0 Å². The molecule has 5 nitrogen and oxygen atoms in total. The number of para-hydroxylation sites is 1. The summed E-state index contributed by atoms with van der Waals surface area (Å²) in [5, 5.41) is 4.84. The molecule has 0 bridgehead atoms. The molecule has 1 heterocycles. The van der Waals surface area contributed by atoms with Gasteiger partial charge in [0.05, 0.1) is 19.7 Å². The van der Waals surface area contributed by atoms with Gasteiger partial charge in [-0.1, -0.05) is 73.7 Å². The van der Waals surface area contributed by atoms with Crippen molar-refractivity contribution in [3.63, 3.8) is 0 Å². The predicted octanol–water partition coefficient (Wildman–Crippen LogP) is 7.87. The van der Waals surface area contributed by atoms with Crippen molar-refractivity contribution in [2.45, 2.75) is 38.9 Å². The summed E-state index contributed by atoms with van der Waals surface area (Å²) in [5.74, 6) is 1.70. The number of hydrogen-bond acceptors (Lipinski definition) is 5. The standard InChI is InChI=1S/C26H26N2O2.C9H13N/c1-18(22-14-15-27-25-7-5-4-6-23(22)25)28-17-19-8-13-26(30-3)24(16-19)20-9-11-21(29-2)12-10-20;1-2-9(10)8-6-4-3-5-7-8/h4-16,18,28H,17H2,1-3H3;3-7,9H,2,10H2,1H3/t;9-/m.1/s1. The molecule has 0 amide bonds. The average Bonchev–Trinajstić information content (AvgIpc) is 3.03. The normalized spacial score (nSPS) is 12.2. The molecule has 1 unspecified atom stereocenters. The quantitative estimate of drug-likeness (QED) is 0.202. The number of fused-ring (bicyclic) bond motifs is 1. The summed E-state index contributed by atoms with van der Waals surface area (Å²) in [6.07, 6.45) is 2.88. The van der Waals surface area contributed by atoms with Gasteiger partial charge in [-0.3, -0.25) is 4.98 Å². The van der Waals surface area contributed by atoms with Crippen molar-refractivity contribution in [3.05, 3.63) is 126 Å². The maximum absolute atomic E-state index is 5.79. The Morgan fingerprint density at radius 2 is 1.55 bits per heavy atom. The Balaban J connectivity index is 0.000000312. The van der Waals surface area contributed by atoms with E-state index in [0.717, 1.165) is 41.1 Å². The number of rotatable bonds is 9. The lowest BCUT2D eigenvalue weighted by atomic mass is 10.0. The van der Waals surface area contributed by atoms with Gasteiger partial charge in [0.25, 0.3) is 0 Å². The monoisotopic (exact) mass is 533 g/mol. The molecule has 40 heavy (non-hydrogen) atoms. The predicted molar refractivity (Wildman–Crippen MR) is 166 cm³/mol. The van der Waals surface area contributed by atoms with Gasteiger partial charge in [0.1, 0.15) is 11.5 Å². The zero-order valence-electron chi connectivity index (χ0n) is 23.8. The van der Waals surface area contributed by atoms with Gasteiger partial charge in [0, 0.05) is 35.8 Å². The highest BCUT2D eigenvalue weighted by atomic mass is 16.5. The van der Waals surface area contributed by atoms with Crippen LogP contribution in [0.5, 0.6) is 11.5 Å². The summed E-state index contributed by atoms with van der Waals surface area (Å²) in [6, 6.07) is 35.3. The second-order valence-corrected chi connectivity index (χ2v) is 9.71. The summed E-state index contributed by atoms with van der Waals surface area (Å²) < 4.78 is 10.9. The van der Waals surface area contributed by atoms with Crippen LogP contribution in [0.3, 0.4) is 0 Å². The first kappa shape index (κ1) is 28.8. The third-order valence-electron chi connectivity index (χ3n) is 7.09. The molecule has 5 aromatic rings. The fourth-order valence-corrected chi connectivity index (χ4v) is 4.67. The first-order valence-corrected chi connectivity index (χ1v) is 13.7. The first-order chi connectivity index (χ1) is 19.5. The molecule has 0 radical (unpaired) electrons.